The third-order valence-corrected chi connectivity index (χ3v) is 9.27. The molecule has 0 unspecified atom stereocenters. The Kier molecular flexibility index (Phi) is 8.90. The maximum absolute atomic E-state index is 13.9. The van der Waals surface area contributed by atoms with Crippen LogP contribution in [0.3, 0.4) is 0 Å². The number of para-hydroxylation sites is 2. The van der Waals surface area contributed by atoms with Crippen LogP contribution < -0.4 is 19.7 Å². The van der Waals surface area contributed by atoms with E-state index in [1.54, 1.807) is 35.2 Å². The Morgan fingerprint density at radius 2 is 1.71 bits per heavy atom. The average molecular weight is 578 g/mol. The standard InChI is InChI=1S/C31H35N3O6S/c1-2-39-25-14-16-26(17-15-25)41(37,38)33-20-8-11-24(21-33)31(36)34-22-29(40-28-13-7-6-12-27(28)34)30(35)32-19-18-23-9-4-3-5-10-23/h3-7,9-10,12-17,24,29H,2,8,11,18-22H2,1H3,(H,32,35)/t24-,29-/m0/s1. The van der Waals surface area contributed by atoms with Crippen molar-refractivity contribution < 1.29 is 27.5 Å². The number of amides is 2. The van der Waals surface area contributed by atoms with Gasteiger partial charge in [-0.25, -0.2) is 8.42 Å². The molecule has 1 fully saturated rings. The lowest BCUT2D eigenvalue weighted by Crippen LogP contribution is -2.54. The summed E-state index contributed by atoms with van der Waals surface area (Å²) in [6, 6.07) is 23.3. The first-order valence-electron chi connectivity index (χ1n) is 14.0. The maximum Gasteiger partial charge on any atom is 0.262 e. The monoisotopic (exact) mass is 577 g/mol. The molecule has 1 saturated heterocycles. The summed E-state index contributed by atoms with van der Waals surface area (Å²) in [6.07, 6.45) is 0.917. The van der Waals surface area contributed by atoms with Crippen LogP contribution in [0, 0.1) is 5.92 Å². The molecule has 3 aromatic carbocycles. The van der Waals surface area contributed by atoms with Crippen molar-refractivity contribution in [1.29, 1.82) is 0 Å². The number of fused-ring (bicyclic) bond motifs is 1. The van der Waals surface area contributed by atoms with Gasteiger partial charge in [-0.05, 0) is 68.1 Å². The topological polar surface area (TPSA) is 105 Å². The number of sulfonamides is 1. The minimum absolute atomic E-state index is 0.0508. The van der Waals surface area contributed by atoms with Crippen molar-refractivity contribution in [1.82, 2.24) is 9.62 Å². The van der Waals surface area contributed by atoms with Crippen LogP contribution in [-0.4, -0.2) is 63.4 Å². The van der Waals surface area contributed by atoms with Crippen LogP contribution in [0.1, 0.15) is 25.3 Å². The number of nitrogens with zero attached hydrogens (tertiary/aromatic N) is 2. The third-order valence-electron chi connectivity index (χ3n) is 7.39. The van der Waals surface area contributed by atoms with E-state index in [-0.39, 0.29) is 29.8 Å². The molecule has 216 valence electrons. The number of anilines is 1. The van der Waals surface area contributed by atoms with Gasteiger partial charge in [-0.3, -0.25) is 9.59 Å². The Morgan fingerprint density at radius 3 is 2.46 bits per heavy atom. The highest BCUT2D eigenvalue weighted by Gasteiger charge is 2.39. The summed E-state index contributed by atoms with van der Waals surface area (Å²) in [4.78, 5) is 28.7. The van der Waals surface area contributed by atoms with Crippen molar-refractivity contribution in [3.63, 3.8) is 0 Å². The van der Waals surface area contributed by atoms with Crippen molar-refractivity contribution >= 4 is 27.5 Å². The van der Waals surface area contributed by atoms with Crippen molar-refractivity contribution in [2.45, 2.75) is 37.2 Å². The first kappa shape index (κ1) is 28.6. The quantitative estimate of drug-likeness (QED) is 0.417. The van der Waals surface area contributed by atoms with E-state index in [0.29, 0.717) is 56.1 Å². The summed E-state index contributed by atoms with van der Waals surface area (Å²) in [6.45, 7) is 3.26. The highest BCUT2D eigenvalue weighted by atomic mass is 32.2. The number of benzene rings is 3. The van der Waals surface area contributed by atoms with E-state index in [0.717, 1.165) is 5.56 Å². The van der Waals surface area contributed by atoms with E-state index in [4.69, 9.17) is 9.47 Å². The Bertz CT molecular complexity index is 1460. The van der Waals surface area contributed by atoms with E-state index in [1.165, 1.54) is 16.4 Å². The highest BCUT2D eigenvalue weighted by molar-refractivity contribution is 7.89. The average Bonchev–Trinajstić information content (AvgIpc) is 3.01. The lowest BCUT2D eigenvalue weighted by atomic mass is 9.97. The molecule has 2 atom stereocenters. The molecular formula is C31H35N3O6S. The minimum Gasteiger partial charge on any atom is -0.494 e. The fraction of sp³-hybridized carbons (Fsp3) is 0.355. The van der Waals surface area contributed by atoms with Crippen LogP contribution in [0.4, 0.5) is 5.69 Å². The van der Waals surface area contributed by atoms with Gasteiger partial charge in [0.2, 0.25) is 15.9 Å². The van der Waals surface area contributed by atoms with Gasteiger partial charge in [-0.15, -0.1) is 0 Å². The Labute approximate surface area is 241 Å². The zero-order chi connectivity index (χ0) is 28.8. The first-order valence-corrected chi connectivity index (χ1v) is 15.4. The molecule has 41 heavy (non-hydrogen) atoms. The molecular weight excluding hydrogens is 542 g/mol. The van der Waals surface area contributed by atoms with Gasteiger partial charge in [0, 0.05) is 19.6 Å². The molecule has 2 aliphatic heterocycles. The predicted octanol–water partition coefficient (Wildman–Crippen LogP) is 3.64. The fourth-order valence-corrected chi connectivity index (χ4v) is 6.80. The molecule has 0 saturated carbocycles. The molecule has 2 amide bonds. The number of ether oxygens (including phenoxy) is 2. The summed E-state index contributed by atoms with van der Waals surface area (Å²) in [5.74, 6) is -0.00652. The lowest BCUT2D eigenvalue weighted by molar-refractivity contribution is -0.129. The number of nitrogens with one attached hydrogen (secondary N) is 1. The van der Waals surface area contributed by atoms with Crippen LogP contribution in [0.5, 0.6) is 11.5 Å². The summed E-state index contributed by atoms with van der Waals surface area (Å²) in [7, 11) is -3.79. The zero-order valence-electron chi connectivity index (χ0n) is 23.1. The van der Waals surface area contributed by atoms with Crippen LogP contribution in [0.25, 0.3) is 0 Å². The van der Waals surface area contributed by atoms with Crippen LogP contribution in [-0.2, 0) is 26.0 Å². The molecule has 1 N–H and O–H groups in total. The summed E-state index contributed by atoms with van der Waals surface area (Å²) >= 11 is 0. The first-order chi connectivity index (χ1) is 19.9. The number of rotatable bonds is 9. The van der Waals surface area contributed by atoms with Crippen LogP contribution in [0.2, 0.25) is 0 Å². The smallest absolute Gasteiger partial charge is 0.262 e. The van der Waals surface area contributed by atoms with E-state index in [2.05, 4.69) is 5.32 Å². The van der Waals surface area contributed by atoms with Gasteiger partial charge in [-0.2, -0.15) is 4.31 Å². The summed E-state index contributed by atoms with van der Waals surface area (Å²) in [5, 5.41) is 2.93. The van der Waals surface area contributed by atoms with Gasteiger partial charge in [-0.1, -0.05) is 42.5 Å². The number of carbonyl (C=O) groups is 2. The second kappa shape index (κ2) is 12.7. The third kappa shape index (κ3) is 6.55. The van der Waals surface area contributed by atoms with E-state index >= 15 is 0 Å². The molecule has 2 heterocycles. The molecule has 0 aromatic heterocycles. The zero-order valence-corrected chi connectivity index (χ0v) is 23.9. The van der Waals surface area contributed by atoms with E-state index < -0.39 is 22.0 Å². The largest absolute Gasteiger partial charge is 0.494 e. The second-order valence-corrected chi connectivity index (χ2v) is 12.1. The lowest BCUT2D eigenvalue weighted by Gasteiger charge is -2.38. The molecule has 0 bridgehead atoms. The van der Waals surface area contributed by atoms with Crippen molar-refractivity contribution in [2.24, 2.45) is 5.92 Å². The number of piperidine rings is 1. The van der Waals surface area contributed by atoms with Gasteiger partial charge in [0.1, 0.15) is 11.5 Å². The molecule has 3 aromatic rings. The Morgan fingerprint density at radius 1 is 0.976 bits per heavy atom. The highest BCUT2D eigenvalue weighted by Crippen LogP contribution is 2.35. The second-order valence-electron chi connectivity index (χ2n) is 10.2. The van der Waals surface area contributed by atoms with Gasteiger partial charge >= 0.3 is 0 Å². The molecule has 0 aliphatic carbocycles. The van der Waals surface area contributed by atoms with Crippen molar-refractivity contribution in [3.05, 3.63) is 84.4 Å². The molecule has 9 nitrogen and oxygen atoms in total. The van der Waals surface area contributed by atoms with E-state index in [9.17, 15) is 18.0 Å². The van der Waals surface area contributed by atoms with E-state index in [1.807, 2.05) is 43.3 Å². The molecule has 5 rings (SSSR count). The fourth-order valence-electron chi connectivity index (χ4n) is 5.27. The van der Waals surface area contributed by atoms with Gasteiger partial charge < -0.3 is 19.7 Å². The summed E-state index contributed by atoms with van der Waals surface area (Å²) < 4.78 is 39.7. The van der Waals surface area contributed by atoms with Gasteiger partial charge in [0.05, 0.1) is 29.7 Å². The van der Waals surface area contributed by atoms with Crippen LogP contribution in [0.15, 0.2) is 83.8 Å². The minimum atomic E-state index is -3.79. The molecule has 0 radical (unpaired) electrons. The van der Waals surface area contributed by atoms with Crippen LogP contribution >= 0.6 is 0 Å². The Balaban J connectivity index is 1.28. The number of carbonyl (C=O) groups excluding carboxylic acids is 2. The maximum atomic E-state index is 13.9. The SMILES string of the molecule is CCOc1ccc(S(=O)(=O)N2CCC[C@H](C(=O)N3C[C@@H](C(=O)NCCc4ccccc4)Oc4ccccc43)C2)cc1. The summed E-state index contributed by atoms with van der Waals surface area (Å²) in [5.41, 5.74) is 1.69. The number of hydrogen-bond donors (Lipinski definition) is 1. The normalized spacial score (nSPS) is 19.1. The predicted molar refractivity (Wildman–Crippen MR) is 155 cm³/mol. The van der Waals surface area contributed by atoms with Gasteiger partial charge in [0.15, 0.2) is 6.10 Å². The number of hydrogen-bond acceptors (Lipinski definition) is 6. The Hall–Kier alpha value is -3.89. The molecule has 0 spiro atoms. The molecule has 10 heteroatoms. The van der Waals surface area contributed by atoms with Crippen molar-refractivity contribution in [2.75, 3.05) is 37.7 Å². The van der Waals surface area contributed by atoms with Gasteiger partial charge in [0.25, 0.3) is 5.91 Å². The molecule has 2 aliphatic rings. The van der Waals surface area contributed by atoms with Crippen molar-refractivity contribution in [3.8, 4) is 11.5 Å².